The Labute approximate surface area is 99.6 Å². The highest BCUT2D eigenvalue weighted by molar-refractivity contribution is 7.49. The molecule has 0 saturated carbocycles. The largest absolute Gasteiger partial charge is 0.448 e. The molecule has 0 aliphatic rings. The zero-order chi connectivity index (χ0) is 12.0. The molecule has 0 aliphatic heterocycles. The molecule has 0 saturated heterocycles. The average Bonchev–Trinajstić information content (AvgIpc) is 2.34. The molecule has 3 rings (SSSR count). The van der Waals surface area contributed by atoms with Gasteiger partial charge in [-0.2, -0.15) is 0 Å². The molecule has 84 valence electrons. The van der Waals surface area contributed by atoms with E-state index in [1.807, 2.05) is 50.2 Å². The van der Waals surface area contributed by atoms with Gasteiger partial charge in [-0.25, -0.2) is 0 Å². The van der Waals surface area contributed by atoms with Crippen molar-refractivity contribution in [1.29, 1.82) is 0 Å². The van der Waals surface area contributed by atoms with E-state index in [2.05, 4.69) is 0 Å². The van der Waals surface area contributed by atoms with Gasteiger partial charge in [-0.05, 0) is 37.6 Å². The molecule has 0 amide bonds. The molecule has 17 heavy (non-hydrogen) atoms. The zero-order valence-corrected chi connectivity index (χ0v) is 10.6. The van der Waals surface area contributed by atoms with Crippen LogP contribution in [0.5, 0.6) is 0 Å². The first-order valence-electron chi connectivity index (χ1n) is 5.53. The highest BCUT2D eigenvalue weighted by Gasteiger charge is 2.20. The highest BCUT2D eigenvalue weighted by atomic mass is 31.1. The first-order valence-corrected chi connectivity index (χ1v) is 6.79. The Morgan fingerprint density at radius 3 is 2.59 bits per heavy atom. The van der Waals surface area contributed by atoms with E-state index in [-0.39, 0.29) is 0 Å². The van der Waals surface area contributed by atoms with Crippen LogP contribution in [0.3, 0.4) is 0 Å². The fourth-order valence-electron chi connectivity index (χ4n) is 2.06. The van der Waals surface area contributed by atoms with Gasteiger partial charge < -0.3 is 4.42 Å². The molecule has 0 aliphatic carbocycles. The number of benzene rings is 2. The van der Waals surface area contributed by atoms with Crippen LogP contribution < -0.4 is 0 Å². The summed E-state index contributed by atoms with van der Waals surface area (Å²) < 4.78 is 18.3. The molecule has 0 spiro atoms. The van der Waals surface area contributed by atoms with Crippen LogP contribution in [0.25, 0.3) is 21.4 Å². The summed E-state index contributed by atoms with van der Waals surface area (Å²) in [5, 5.41) is 1.64. The van der Waals surface area contributed by atoms with Gasteiger partial charge in [0.05, 0.1) is 0 Å². The maximum atomic E-state index is 12.5. The SMILES string of the molecule is Cc1ccc2oc3ccccc3[p+](=O)c2c1C. The molecule has 1 atom stereocenters. The standard InChI is InChI=1S/C14H12O2P/c1-9-7-8-12-14(10(9)2)17(15)13-6-4-3-5-11(13)16-12/h3-8H,1-2H3/q+1. The van der Waals surface area contributed by atoms with Gasteiger partial charge in [0, 0.05) is 5.56 Å². The lowest BCUT2D eigenvalue weighted by Gasteiger charge is -1.99. The molecule has 2 nitrogen and oxygen atoms in total. The van der Waals surface area contributed by atoms with Crippen molar-refractivity contribution < 1.29 is 8.98 Å². The van der Waals surface area contributed by atoms with Crippen LogP contribution in [0.15, 0.2) is 40.8 Å². The Kier molecular flexibility index (Phi) is 2.27. The van der Waals surface area contributed by atoms with E-state index in [1.54, 1.807) is 0 Å². The molecule has 0 fully saturated rings. The third kappa shape index (κ3) is 1.49. The summed E-state index contributed by atoms with van der Waals surface area (Å²) in [6.07, 6.45) is 0. The number of para-hydroxylation sites is 1. The van der Waals surface area contributed by atoms with Gasteiger partial charge in [-0.15, -0.1) is 0 Å². The fraction of sp³-hybridized carbons (Fsp3) is 0.143. The number of rotatable bonds is 0. The molecule has 2 aromatic carbocycles. The summed E-state index contributed by atoms with van der Waals surface area (Å²) in [6.45, 7) is 4.03. The Bertz CT molecular complexity index is 787. The van der Waals surface area contributed by atoms with E-state index in [0.29, 0.717) is 5.58 Å². The summed E-state index contributed by atoms with van der Waals surface area (Å²) in [7, 11) is -1.54. The number of fused-ring (bicyclic) bond motifs is 2. The van der Waals surface area contributed by atoms with Crippen LogP contribution >= 0.6 is 7.41 Å². The van der Waals surface area contributed by atoms with Gasteiger partial charge in [0.25, 0.3) is 0 Å². The van der Waals surface area contributed by atoms with E-state index < -0.39 is 7.41 Å². The molecule has 1 heterocycles. The summed E-state index contributed by atoms with van der Waals surface area (Å²) in [4.78, 5) is 0. The number of hydrogen-bond donors (Lipinski definition) is 0. The molecular formula is C14H12O2P+. The van der Waals surface area contributed by atoms with E-state index in [0.717, 1.165) is 26.9 Å². The van der Waals surface area contributed by atoms with Crippen LogP contribution in [0.1, 0.15) is 11.1 Å². The van der Waals surface area contributed by atoms with Gasteiger partial charge in [0.1, 0.15) is 0 Å². The average molecular weight is 243 g/mol. The Morgan fingerprint density at radius 1 is 1.00 bits per heavy atom. The molecular weight excluding hydrogens is 231 g/mol. The third-order valence-electron chi connectivity index (χ3n) is 3.17. The second-order valence-electron chi connectivity index (χ2n) is 4.22. The van der Waals surface area contributed by atoms with Crippen LogP contribution in [-0.4, -0.2) is 0 Å². The number of aryl methyl sites for hydroxylation is 2. The third-order valence-corrected chi connectivity index (χ3v) is 4.94. The smallest absolute Gasteiger partial charge is 0.423 e. The van der Waals surface area contributed by atoms with Crippen molar-refractivity contribution >= 4 is 28.8 Å². The highest BCUT2D eigenvalue weighted by Crippen LogP contribution is 2.39. The Balaban J connectivity index is 2.66. The van der Waals surface area contributed by atoms with Gasteiger partial charge in [-0.1, -0.05) is 22.8 Å². The van der Waals surface area contributed by atoms with Crippen molar-refractivity contribution in [2.45, 2.75) is 13.8 Å². The second-order valence-corrected chi connectivity index (χ2v) is 5.74. The van der Waals surface area contributed by atoms with E-state index in [1.165, 1.54) is 0 Å². The summed E-state index contributed by atoms with van der Waals surface area (Å²) >= 11 is 0. The van der Waals surface area contributed by atoms with E-state index in [4.69, 9.17) is 4.42 Å². The van der Waals surface area contributed by atoms with Gasteiger partial charge in [0.15, 0.2) is 11.2 Å². The van der Waals surface area contributed by atoms with Crippen molar-refractivity contribution in [3.8, 4) is 0 Å². The minimum atomic E-state index is -1.54. The first kappa shape index (κ1) is 10.5. The first-order chi connectivity index (χ1) is 8.18. The van der Waals surface area contributed by atoms with Crippen molar-refractivity contribution in [3.63, 3.8) is 0 Å². The summed E-state index contributed by atoms with van der Waals surface area (Å²) in [6, 6.07) is 11.4. The van der Waals surface area contributed by atoms with Crippen molar-refractivity contribution in [2.75, 3.05) is 0 Å². The topological polar surface area (TPSA) is 30.2 Å². The van der Waals surface area contributed by atoms with Crippen molar-refractivity contribution in [3.05, 3.63) is 47.5 Å². The Morgan fingerprint density at radius 2 is 1.76 bits per heavy atom. The minimum absolute atomic E-state index is 0.712. The monoisotopic (exact) mass is 243 g/mol. The van der Waals surface area contributed by atoms with Crippen LogP contribution in [0.4, 0.5) is 0 Å². The van der Waals surface area contributed by atoms with Crippen LogP contribution in [0.2, 0.25) is 0 Å². The van der Waals surface area contributed by atoms with Gasteiger partial charge in [0.2, 0.25) is 10.2 Å². The molecule has 3 aromatic rings. The van der Waals surface area contributed by atoms with Crippen molar-refractivity contribution in [1.82, 2.24) is 0 Å². The molecule has 1 aromatic heterocycles. The van der Waals surface area contributed by atoms with Crippen LogP contribution in [0, 0.1) is 13.8 Å². The quantitative estimate of drug-likeness (QED) is 0.523. The molecule has 0 bridgehead atoms. The number of hydrogen-bond acceptors (Lipinski definition) is 2. The second kappa shape index (κ2) is 3.68. The molecule has 0 radical (unpaired) electrons. The molecule has 1 unspecified atom stereocenters. The van der Waals surface area contributed by atoms with E-state index in [9.17, 15) is 4.57 Å². The van der Waals surface area contributed by atoms with Crippen LogP contribution in [-0.2, 0) is 4.57 Å². The van der Waals surface area contributed by atoms with Gasteiger partial charge in [-0.3, -0.25) is 0 Å². The molecule has 0 N–H and O–H groups in total. The maximum Gasteiger partial charge on any atom is 0.423 e. The maximum absolute atomic E-state index is 12.5. The van der Waals surface area contributed by atoms with Crippen molar-refractivity contribution in [2.24, 2.45) is 0 Å². The Hall–Kier alpha value is -1.66. The molecule has 3 heteroatoms. The minimum Gasteiger partial charge on any atom is -0.448 e. The summed E-state index contributed by atoms with van der Waals surface area (Å²) in [5.74, 6) is 0. The summed E-state index contributed by atoms with van der Waals surface area (Å²) in [5.41, 5.74) is 3.66. The van der Waals surface area contributed by atoms with E-state index >= 15 is 0 Å². The lowest BCUT2D eigenvalue weighted by Crippen LogP contribution is -1.82. The lowest BCUT2D eigenvalue weighted by atomic mass is 10.1. The van der Waals surface area contributed by atoms with Gasteiger partial charge >= 0.3 is 7.41 Å². The normalized spacial score (nSPS) is 12.2. The predicted molar refractivity (Wildman–Crippen MR) is 70.8 cm³/mol. The zero-order valence-electron chi connectivity index (χ0n) is 9.73. The predicted octanol–water partition coefficient (Wildman–Crippen LogP) is 4.95. The lowest BCUT2D eigenvalue weighted by molar-refractivity contribution is 0.600. The fourth-order valence-corrected chi connectivity index (χ4v) is 3.65.